The lowest BCUT2D eigenvalue weighted by atomic mass is 10.0. The molecule has 1 atom stereocenters. The number of carbonyl (C=O) groups is 3. The zero-order valence-corrected chi connectivity index (χ0v) is 42.6. The zero-order chi connectivity index (χ0) is 45.8. The Hall–Kier alpha value is -1.85. The molecule has 0 radical (unpaired) electrons. The Kier molecular flexibility index (Phi) is 51.2. The summed E-state index contributed by atoms with van der Waals surface area (Å²) in [5, 5.41) is 0. The monoisotopic (exact) mass is 889 g/mol. The number of hydrogen-bond acceptors (Lipinski definition) is 6. The van der Waals surface area contributed by atoms with Crippen LogP contribution in [0.15, 0.2) is 12.2 Å². The number of hydrogen-bond donors (Lipinski definition) is 0. The molecule has 0 aromatic rings. The van der Waals surface area contributed by atoms with Gasteiger partial charge < -0.3 is 14.2 Å². The van der Waals surface area contributed by atoms with Gasteiger partial charge in [-0.15, -0.1) is 0 Å². The van der Waals surface area contributed by atoms with Gasteiger partial charge in [0.2, 0.25) is 0 Å². The van der Waals surface area contributed by atoms with Crippen molar-refractivity contribution in [1.82, 2.24) is 0 Å². The smallest absolute Gasteiger partial charge is 0.306 e. The Morgan fingerprint density at radius 1 is 0.302 bits per heavy atom. The molecular formula is C57H108O6. The summed E-state index contributed by atoms with van der Waals surface area (Å²) in [4.78, 5) is 38.1. The van der Waals surface area contributed by atoms with Crippen molar-refractivity contribution in [2.24, 2.45) is 0 Å². The predicted molar refractivity (Wildman–Crippen MR) is 270 cm³/mol. The second-order valence-corrected chi connectivity index (χ2v) is 19.2. The highest BCUT2D eigenvalue weighted by Crippen LogP contribution is 2.17. The molecule has 0 unspecified atom stereocenters. The highest BCUT2D eigenvalue weighted by molar-refractivity contribution is 5.71. The van der Waals surface area contributed by atoms with Crippen LogP contribution in [0.4, 0.5) is 0 Å². The number of esters is 3. The molecule has 0 aliphatic rings. The van der Waals surface area contributed by atoms with Gasteiger partial charge in [0.15, 0.2) is 6.10 Å². The SMILES string of the molecule is CCCCCC/C=C\CCCCCCCC(=O)OC[C@H](COC(=O)CCCCCCCCCCCCCCCCCCC)OC(=O)CCCCCCCCCCCCCCCCC. The summed E-state index contributed by atoms with van der Waals surface area (Å²) in [6.45, 7) is 6.67. The van der Waals surface area contributed by atoms with E-state index in [0.717, 1.165) is 64.2 Å². The van der Waals surface area contributed by atoms with Gasteiger partial charge in [-0.25, -0.2) is 0 Å². The highest BCUT2D eigenvalue weighted by atomic mass is 16.6. The molecule has 0 fully saturated rings. The van der Waals surface area contributed by atoms with Crippen LogP contribution in [0.5, 0.6) is 0 Å². The summed E-state index contributed by atoms with van der Waals surface area (Å²) in [6.07, 6.45) is 59.1. The molecule has 0 aromatic heterocycles. The van der Waals surface area contributed by atoms with Gasteiger partial charge in [0.05, 0.1) is 0 Å². The maximum Gasteiger partial charge on any atom is 0.306 e. The fourth-order valence-electron chi connectivity index (χ4n) is 8.50. The zero-order valence-electron chi connectivity index (χ0n) is 42.6. The van der Waals surface area contributed by atoms with Crippen molar-refractivity contribution in [2.75, 3.05) is 13.2 Å². The van der Waals surface area contributed by atoms with Gasteiger partial charge in [-0.1, -0.05) is 264 Å². The number of carbonyl (C=O) groups excluding carboxylic acids is 3. The van der Waals surface area contributed by atoms with E-state index in [-0.39, 0.29) is 31.1 Å². The van der Waals surface area contributed by atoms with E-state index in [1.165, 1.54) is 212 Å². The van der Waals surface area contributed by atoms with Crippen LogP contribution in [0.25, 0.3) is 0 Å². The van der Waals surface area contributed by atoms with Crippen LogP contribution in [-0.2, 0) is 28.6 Å². The molecule has 0 aliphatic heterocycles. The Morgan fingerprint density at radius 2 is 0.524 bits per heavy atom. The molecule has 0 spiro atoms. The molecule has 0 heterocycles. The van der Waals surface area contributed by atoms with Crippen molar-refractivity contribution in [3.63, 3.8) is 0 Å². The van der Waals surface area contributed by atoms with E-state index in [4.69, 9.17) is 14.2 Å². The van der Waals surface area contributed by atoms with Gasteiger partial charge in [0, 0.05) is 19.3 Å². The van der Waals surface area contributed by atoms with E-state index in [1.54, 1.807) is 0 Å². The van der Waals surface area contributed by atoms with Crippen LogP contribution in [0.1, 0.15) is 316 Å². The normalized spacial score (nSPS) is 12.0. The van der Waals surface area contributed by atoms with Crippen LogP contribution < -0.4 is 0 Å². The Morgan fingerprint density at radius 3 is 0.810 bits per heavy atom. The largest absolute Gasteiger partial charge is 0.462 e. The Labute approximate surface area is 392 Å². The molecule has 0 N–H and O–H groups in total. The molecule has 0 aromatic carbocycles. The van der Waals surface area contributed by atoms with E-state index in [0.29, 0.717) is 19.3 Å². The average Bonchev–Trinajstić information content (AvgIpc) is 3.28. The van der Waals surface area contributed by atoms with Crippen LogP contribution in [0.3, 0.4) is 0 Å². The molecule has 0 amide bonds. The van der Waals surface area contributed by atoms with Gasteiger partial charge in [-0.3, -0.25) is 14.4 Å². The third-order valence-corrected chi connectivity index (χ3v) is 12.8. The predicted octanol–water partition coefficient (Wildman–Crippen LogP) is 18.5. The summed E-state index contributed by atoms with van der Waals surface area (Å²) in [5.74, 6) is -0.853. The van der Waals surface area contributed by atoms with E-state index in [9.17, 15) is 14.4 Å². The first-order chi connectivity index (χ1) is 31.0. The minimum absolute atomic E-state index is 0.0666. The Bertz CT molecular complexity index is 978. The second kappa shape index (κ2) is 52.8. The van der Waals surface area contributed by atoms with Crippen LogP contribution in [-0.4, -0.2) is 37.2 Å². The van der Waals surface area contributed by atoms with Crippen molar-refractivity contribution >= 4 is 17.9 Å². The van der Waals surface area contributed by atoms with E-state index in [2.05, 4.69) is 32.9 Å². The summed E-state index contributed by atoms with van der Waals surface area (Å²) in [5.41, 5.74) is 0. The summed E-state index contributed by atoms with van der Waals surface area (Å²) < 4.78 is 16.9. The third kappa shape index (κ3) is 51.0. The van der Waals surface area contributed by atoms with Gasteiger partial charge in [-0.05, 0) is 44.9 Å². The molecule has 6 heteroatoms. The minimum atomic E-state index is -0.767. The van der Waals surface area contributed by atoms with E-state index < -0.39 is 6.10 Å². The van der Waals surface area contributed by atoms with Crippen molar-refractivity contribution in [2.45, 2.75) is 322 Å². The van der Waals surface area contributed by atoms with Gasteiger partial charge in [0.25, 0.3) is 0 Å². The summed E-state index contributed by atoms with van der Waals surface area (Å²) in [6, 6.07) is 0. The molecular weight excluding hydrogens is 781 g/mol. The molecule has 372 valence electrons. The number of ether oxygens (including phenoxy) is 3. The number of unbranched alkanes of at least 4 members (excludes halogenated alkanes) is 39. The summed E-state index contributed by atoms with van der Waals surface area (Å²) >= 11 is 0. The third-order valence-electron chi connectivity index (χ3n) is 12.8. The molecule has 0 saturated heterocycles. The van der Waals surface area contributed by atoms with E-state index >= 15 is 0 Å². The van der Waals surface area contributed by atoms with E-state index in [1.807, 2.05) is 0 Å². The van der Waals surface area contributed by atoms with Gasteiger partial charge >= 0.3 is 17.9 Å². The molecule has 6 nitrogen and oxygen atoms in total. The molecule has 0 saturated carbocycles. The van der Waals surface area contributed by atoms with Crippen molar-refractivity contribution in [1.29, 1.82) is 0 Å². The average molecular weight is 889 g/mol. The van der Waals surface area contributed by atoms with Crippen molar-refractivity contribution in [3.8, 4) is 0 Å². The van der Waals surface area contributed by atoms with Gasteiger partial charge in [-0.2, -0.15) is 0 Å². The molecule has 63 heavy (non-hydrogen) atoms. The standard InChI is InChI=1S/C57H108O6/c1-4-7-10-13-16-19-22-25-27-28-30-32-35-38-41-44-47-50-56(59)62-53-54(52-61-55(58)49-46-43-40-37-34-31-24-21-18-15-12-9-6-3)63-57(60)51-48-45-42-39-36-33-29-26-23-20-17-14-11-8-5-2/h21,24,54H,4-20,22-23,25-53H2,1-3H3/b24-21-/t54-/m1/s1. The summed E-state index contributed by atoms with van der Waals surface area (Å²) in [7, 11) is 0. The molecule has 0 bridgehead atoms. The second-order valence-electron chi connectivity index (χ2n) is 19.2. The van der Waals surface area contributed by atoms with Crippen molar-refractivity contribution < 1.29 is 28.6 Å². The van der Waals surface area contributed by atoms with Gasteiger partial charge in [0.1, 0.15) is 13.2 Å². The lowest BCUT2D eigenvalue weighted by molar-refractivity contribution is -0.167. The lowest BCUT2D eigenvalue weighted by Crippen LogP contribution is -2.30. The Balaban J connectivity index is 4.31. The first-order valence-corrected chi connectivity index (χ1v) is 28.2. The van der Waals surface area contributed by atoms with Crippen molar-refractivity contribution in [3.05, 3.63) is 12.2 Å². The number of allylic oxidation sites excluding steroid dienone is 2. The van der Waals surface area contributed by atoms with Crippen LogP contribution in [0.2, 0.25) is 0 Å². The number of rotatable bonds is 52. The lowest BCUT2D eigenvalue weighted by Gasteiger charge is -2.18. The van der Waals surface area contributed by atoms with Crippen LogP contribution in [0, 0.1) is 0 Å². The topological polar surface area (TPSA) is 78.9 Å². The first kappa shape index (κ1) is 61.1. The first-order valence-electron chi connectivity index (χ1n) is 28.2. The fraction of sp³-hybridized carbons (Fsp3) is 0.912. The highest BCUT2D eigenvalue weighted by Gasteiger charge is 2.19. The maximum atomic E-state index is 12.8. The molecule has 0 rings (SSSR count). The minimum Gasteiger partial charge on any atom is -0.462 e. The maximum absolute atomic E-state index is 12.8. The quantitative estimate of drug-likeness (QED) is 0.0262. The molecule has 0 aliphatic carbocycles. The van der Waals surface area contributed by atoms with Crippen LogP contribution >= 0.6 is 0 Å². The fourth-order valence-corrected chi connectivity index (χ4v) is 8.50.